The van der Waals surface area contributed by atoms with Crippen molar-refractivity contribution in [1.29, 1.82) is 0 Å². The highest BCUT2D eigenvalue weighted by Gasteiger charge is 2.76. The van der Waals surface area contributed by atoms with E-state index in [0.717, 1.165) is 19.3 Å². The van der Waals surface area contributed by atoms with E-state index in [2.05, 4.69) is 20.4 Å². The highest BCUT2D eigenvalue weighted by Crippen LogP contribution is 2.66. The van der Waals surface area contributed by atoms with Gasteiger partial charge in [0.05, 0.1) is 5.60 Å². The second-order valence-electron chi connectivity index (χ2n) is 6.83. The molecule has 2 heterocycles. The van der Waals surface area contributed by atoms with E-state index in [1.54, 1.807) is 0 Å². The van der Waals surface area contributed by atoms with Crippen molar-refractivity contribution in [3.63, 3.8) is 0 Å². The predicted molar refractivity (Wildman–Crippen MR) is 65.9 cm³/mol. The minimum atomic E-state index is -0.376. The average Bonchev–Trinajstić information content (AvgIpc) is 2.95. The van der Waals surface area contributed by atoms with Crippen LogP contribution in [0.3, 0.4) is 0 Å². The molecule has 0 aromatic carbocycles. The molecule has 4 fully saturated rings. The van der Waals surface area contributed by atoms with Gasteiger partial charge < -0.3 is 9.47 Å². The molecule has 2 saturated heterocycles. The topological polar surface area (TPSA) is 38.8 Å². The third-order valence-electron chi connectivity index (χ3n) is 5.92. The van der Waals surface area contributed by atoms with Crippen molar-refractivity contribution in [1.82, 2.24) is 0 Å². The van der Waals surface area contributed by atoms with Gasteiger partial charge in [0, 0.05) is 17.4 Å². The van der Waals surface area contributed by atoms with Crippen LogP contribution in [0.15, 0.2) is 12.2 Å². The van der Waals surface area contributed by atoms with Gasteiger partial charge in [0.1, 0.15) is 6.10 Å². The summed E-state index contributed by atoms with van der Waals surface area (Å²) in [6, 6.07) is 0. The molecule has 2 aliphatic carbocycles. The molecular weight excluding hydrogens is 228 g/mol. The van der Waals surface area contributed by atoms with E-state index in [1.807, 2.05) is 0 Å². The molecule has 1 spiro atoms. The van der Waals surface area contributed by atoms with Crippen molar-refractivity contribution in [3.8, 4) is 0 Å². The molecule has 3 nitrogen and oxygen atoms in total. The largest absolute Gasteiger partial charge is 0.452 e. The second-order valence-corrected chi connectivity index (χ2v) is 6.83. The Labute approximate surface area is 108 Å². The van der Waals surface area contributed by atoms with Gasteiger partial charge in [0.25, 0.3) is 0 Å². The van der Waals surface area contributed by atoms with Crippen molar-refractivity contribution in [2.75, 3.05) is 0 Å². The van der Waals surface area contributed by atoms with Gasteiger partial charge in [-0.2, -0.15) is 0 Å². The zero-order valence-electron chi connectivity index (χ0n) is 11.1. The lowest BCUT2D eigenvalue weighted by molar-refractivity contribution is -0.168. The molecule has 3 heteroatoms. The summed E-state index contributed by atoms with van der Waals surface area (Å²) in [5, 5.41) is 0. The van der Waals surface area contributed by atoms with Crippen molar-refractivity contribution >= 4 is 5.97 Å². The summed E-state index contributed by atoms with van der Waals surface area (Å²) in [6.07, 6.45) is 4.53. The summed E-state index contributed by atoms with van der Waals surface area (Å²) in [5.74, 6) is 1.09. The first-order valence-corrected chi connectivity index (χ1v) is 7.09. The van der Waals surface area contributed by atoms with Crippen LogP contribution in [0.1, 0.15) is 39.5 Å². The van der Waals surface area contributed by atoms with Crippen molar-refractivity contribution in [2.45, 2.75) is 56.8 Å². The SMILES string of the molecule is C=C1C(=O)O[C@@]23C1CC[C@@H](C)C2CC[C@@]1(C)OC31. The van der Waals surface area contributed by atoms with Gasteiger partial charge >= 0.3 is 5.97 Å². The first-order chi connectivity index (χ1) is 8.49. The Bertz CT molecular complexity index is 457. The van der Waals surface area contributed by atoms with Crippen LogP contribution in [0.5, 0.6) is 0 Å². The first-order valence-electron chi connectivity index (χ1n) is 7.09. The summed E-state index contributed by atoms with van der Waals surface area (Å²) in [6.45, 7) is 8.43. The normalized spacial score (nSPS) is 57.4. The van der Waals surface area contributed by atoms with Gasteiger partial charge in [-0.3, -0.25) is 0 Å². The summed E-state index contributed by atoms with van der Waals surface area (Å²) in [4.78, 5) is 12.0. The first kappa shape index (κ1) is 11.0. The minimum absolute atomic E-state index is 0.0449. The van der Waals surface area contributed by atoms with Crippen LogP contribution in [0, 0.1) is 17.8 Å². The Balaban J connectivity index is 1.83. The van der Waals surface area contributed by atoms with Gasteiger partial charge in [-0.25, -0.2) is 4.79 Å². The van der Waals surface area contributed by atoms with Crippen LogP contribution in [-0.4, -0.2) is 23.3 Å². The monoisotopic (exact) mass is 248 g/mol. The van der Waals surface area contributed by atoms with E-state index in [4.69, 9.17) is 9.47 Å². The van der Waals surface area contributed by atoms with E-state index >= 15 is 0 Å². The van der Waals surface area contributed by atoms with E-state index in [1.165, 1.54) is 6.42 Å². The number of ether oxygens (including phenoxy) is 2. The highest BCUT2D eigenvalue weighted by atomic mass is 16.7. The maximum atomic E-state index is 12.0. The zero-order chi connectivity index (χ0) is 12.7. The third kappa shape index (κ3) is 1.04. The maximum absolute atomic E-state index is 12.0. The lowest BCUT2D eigenvalue weighted by Gasteiger charge is -2.49. The van der Waals surface area contributed by atoms with E-state index in [9.17, 15) is 4.79 Å². The fraction of sp³-hybridized carbons (Fsp3) is 0.800. The Morgan fingerprint density at radius 1 is 1.33 bits per heavy atom. The lowest BCUT2D eigenvalue weighted by atomic mass is 9.56. The molecule has 4 rings (SSSR count). The van der Waals surface area contributed by atoms with Crippen molar-refractivity contribution in [2.24, 2.45) is 17.8 Å². The average molecular weight is 248 g/mol. The fourth-order valence-corrected chi connectivity index (χ4v) is 4.90. The number of rotatable bonds is 0. The molecule has 6 atom stereocenters. The molecule has 2 aliphatic heterocycles. The Morgan fingerprint density at radius 3 is 2.89 bits per heavy atom. The predicted octanol–water partition coefficient (Wildman–Crippen LogP) is 2.45. The van der Waals surface area contributed by atoms with Crippen LogP contribution in [0.4, 0.5) is 0 Å². The second kappa shape index (κ2) is 3.01. The molecule has 0 bridgehead atoms. The van der Waals surface area contributed by atoms with Gasteiger partial charge in [-0.15, -0.1) is 0 Å². The Morgan fingerprint density at radius 2 is 2.11 bits per heavy atom. The lowest BCUT2D eigenvalue weighted by Crippen LogP contribution is -2.57. The molecule has 98 valence electrons. The molecule has 0 aromatic rings. The number of carbonyl (C=O) groups is 1. The molecule has 2 saturated carbocycles. The van der Waals surface area contributed by atoms with Gasteiger partial charge in [0.2, 0.25) is 0 Å². The van der Waals surface area contributed by atoms with Gasteiger partial charge in [0.15, 0.2) is 5.60 Å². The van der Waals surface area contributed by atoms with E-state index in [0.29, 0.717) is 17.4 Å². The van der Waals surface area contributed by atoms with Crippen LogP contribution in [0.2, 0.25) is 0 Å². The van der Waals surface area contributed by atoms with Crippen molar-refractivity contribution in [3.05, 3.63) is 12.2 Å². The zero-order valence-corrected chi connectivity index (χ0v) is 11.1. The summed E-state index contributed by atoms with van der Waals surface area (Å²) in [7, 11) is 0. The molecule has 4 aliphatic rings. The van der Waals surface area contributed by atoms with Gasteiger partial charge in [-0.1, -0.05) is 13.5 Å². The number of fused-ring (bicyclic) bond motifs is 1. The minimum Gasteiger partial charge on any atom is -0.452 e. The standard InChI is InChI=1S/C15H20O3/c1-8-4-5-11-9(2)12(16)17-15(11)10(8)6-7-14(3)13(15)18-14/h8,10-11,13H,2,4-7H2,1,3H3/t8-,10?,11?,13?,14-,15-/m1/s1. The number of hydrogen-bond donors (Lipinski definition) is 0. The highest BCUT2D eigenvalue weighted by molar-refractivity contribution is 5.92. The quantitative estimate of drug-likeness (QED) is 0.375. The molecule has 18 heavy (non-hydrogen) atoms. The van der Waals surface area contributed by atoms with Crippen molar-refractivity contribution < 1.29 is 14.3 Å². The van der Waals surface area contributed by atoms with Crippen LogP contribution in [-0.2, 0) is 14.3 Å². The Kier molecular flexibility index (Phi) is 1.84. The Hall–Kier alpha value is -0.830. The van der Waals surface area contributed by atoms with Gasteiger partial charge in [-0.05, 0) is 38.5 Å². The number of esters is 1. The van der Waals surface area contributed by atoms with E-state index in [-0.39, 0.29) is 29.2 Å². The summed E-state index contributed by atoms with van der Waals surface area (Å²) in [5.41, 5.74) is 0.266. The number of epoxide rings is 1. The molecule has 0 amide bonds. The molecule has 3 unspecified atom stereocenters. The molecule has 0 aromatic heterocycles. The molecular formula is C15H20O3. The van der Waals surface area contributed by atoms with Crippen LogP contribution >= 0.6 is 0 Å². The van der Waals surface area contributed by atoms with Crippen LogP contribution < -0.4 is 0 Å². The number of hydrogen-bond acceptors (Lipinski definition) is 3. The van der Waals surface area contributed by atoms with E-state index < -0.39 is 0 Å². The fourth-order valence-electron chi connectivity index (χ4n) is 4.90. The summed E-state index contributed by atoms with van der Waals surface area (Å²) >= 11 is 0. The third-order valence-corrected chi connectivity index (χ3v) is 5.92. The molecule has 0 N–H and O–H groups in total. The maximum Gasteiger partial charge on any atom is 0.334 e. The smallest absolute Gasteiger partial charge is 0.334 e. The van der Waals surface area contributed by atoms with Crippen LogP contribution in [0.25, 0.3) is 0 Å². The summed E-state index contributed by atoms with van der Waals surface area (Å²) < 4.78 is 11.9. The number of carbonyl (C=O) groups excluding carboxylic acids is 1. The molecule has 0 radical (unpaired) electrons.